The third-order valence-electron chi connectivity index (χ3n) is 1.57. The third-order valence-corrected chi connectivity index (χ3v) is 1.57. The lowest BCUT2D eigenvalue weighted by molar-refractivity contribution is -0.162. The van der Waals surface area contributed by atoms with Gasteiger partial charge < -0.3 is 14.2 Å². The van der Waals surface area contributed by atoms with Crippen LogP contribution in [0.15, 0.2) is 0 Å². The van der Waals surface area contributed by atoms with E-state index in [1.54, 1.807) is 20.8 Å². The van der Waals surface area contributed by atoms with E-state index in [2.05, 4.69) is 0 Å². The van der Waals surface area contributed by atoms with Crippen LogP contribution in [0, 0.1) is 0 Å². The highest BCUT2D eigenvalue weighted by molar-refractivity contribution is 6.02. The highest BCUT2D eigenvalue weighted by Crippen LogP contribution is 1.99. The van der Waals surface area contributed by atoms with E-state index in [9.17, 15) is 9.59 Å². The van der Waals surface area contributed by atoms with E-state index < -0.39 is 17.9 Å². The van der Waals surface area contributed by atoms with E-state index in [4.69, 9.17) is 14.2 Å². The van der Waals surface area contributed by atoms with Gasteiger partial charge in [0.15, 0.2) is 5.78 Å². The maximum absolute atomic E-state index is 11.5. The molecule has 0 radical (unpaired) electrons. The van der Waals surface area contributed by atoms with Crippen molar-refractivity contribution in [3.63, 3.8) is 0 Å². The van der Waals surface area contributed by atoms with E-state index in [0.717, 1.165) is 0 Å². The van der Waals surface area contributed by atoms with Crippen molar-refractivity contribution in [3.05, 3.63) is 0 Å². The first kappa shape index (κ1) is 14.1. The van der Waals surface area contributed by atoms with Gasteiger partial charge in [-0.25, -0.2) is 4.79 Å². The minimum Gasteiger partial charge on any atom is -0.464 e. The van der Waals surface area contributed by atoms with Crippen LogP contribution >= 0.6 is 0 Å². The number of rotatable bonds is 8. The maximum Gasteiger partial charge on any atom is 0.343 e. The van der Waals surface area contributed by atoms with Gasteiger partial charge in [-0.2, -0.15) is 0 Å². The Morgan fingerprint density at radius 1 is 1.07 bits per heavy atom. The fourth-order valence-electron chi connectivity index (χ4n) is 0.955. The molecule has 0 fully saturated rings. The minimum absolute atomic E-state index is 0.125. The van der Waals surface area contributed by atoms with Gasteiger partial charge in [0.25, 0.3) is 0 Å². The number of Topliss-reactive ketones (excluding diaryl/α,β-unsaturated/α-hetero) is 1. The first-order chi connectivity index (χ1) is 7.17. The van der Waals surface area contributed by atoms with Crippen LogP contribution in [0.25, 0.3) is 0 Å². The van der Waals surface area contributed by atoms with Crippen molar-refractivity contribution in [1.29, 1.82) is 0 Å². The second-order valence-corrected chi connectivity index (χ2v) is 2.69. The predicted molar refractivity (Wildman–Crippen MR) is 53.5 cm³/mol. The average Bonchev–Trinajstić information content (AvgIpc) is 2.22. The number of ether oxygens (including phenoxy) is 3. The summed E-state index contributed by atoms with van der Waals surface area (Å²) in [6, 6.07) is 0. The monoisotopic (exact) mass is 218 g/mol. The molecule has 0 saturated carbocycles. The highest BCUT2D eigenvalue weighted by Gasteiger charge is 2.28. The van der Waals surface area contributed by atoms with Crippen LogP contribution in [-0.2, 0) is 23.8 Å². The van der Waals surface area contributed by atoms with Crippen LogP contribution in [0.1, 0.15) is 20.8 Å². The molecule has 0 aromatic carbocycles. The molecule has 0 heterocycles. The Bertz CT molecular complexity index is 202. The summed E-state index contributed by atoms with van der Waals surface area (Å²) in [7, 11) is 0. The lowest BCUT2D eigenvalue weighted by Crippen LogP contribution is -2.37. The number of hydrogen-bond acceptors (Lipinski definition) is 5. The molecule has 0 aliphatic heterocycles. The van der Waals surface area contributed by atoms with Crippen molar-refractivity contribution >= 4 is 11.8 Å². The molecule has 0 amide bonds. The Kier molecular flexibility index (Phi) is 7.85. The standard InChI is InChI=1S/C10H18O5/c1-4-13-7-8(11)9(14-5-2)10(12)15-6-3/h9H,4-7H2,1-3H3. The first-order valence-electron chi connectivity index (χ1n) is 5.05. The van der Waals surface area contributed by atoms with Crippen molar-refractivity contribution in [1.82, 2.24) is 0 Å². The maximum atomic E-state index is 11.5. The van der Waals surface area contributed by atoms with Gasteiger partial charge in [0.2, 0.25) is 6.10 Å². The third kappa shape index (κ3) is 5.49. The summed E-state index contributed by atoms with van der Waals surface area (Å²) in [5, 5.41) is 0. The molecule has 0 N–H and O–H groups in total. The first-order valence-corrected chi connectivity index (χ1v) is 5.05. The number of esters is 1. The molecule has 1 atom stereocenters. The molecular formula is C10H18O5. The van der Waals surface area contributed by atoms with Crippen LogP contribution in [0.3, 0.4) is 0 Å². The smallest absolute Gasteiger partial charge is 0.343 e. The molecule has 0 spiro atoms. The fraction of sp³-hybridized carbons (Fsp3) is 0.800. The number of hydrogen-bond donors (Lipinski definition) is 0. The van der Waals surface area contributed by atoms with Gasteiger partial charge in [-0.15, -0.1) is 0 Å². The second kappa shape index (κ2) is 8.38. The highest BCUT2D eigenvalue weighted by atomic mass is 16.6. The normalized spacial score (nSPS) is 12.2. The molecule has 0 bridgehead atoms. The van der Waals surface area contributed by atoms with Crippen molar-refractivity contribution in [2.75, 3.05) is 26.4 Å². The fourth-order valence-corrected chi connectivity index (χ4v) is 0.955. The van der Waals surface area contributed by atoms with Crippen molar-refractivity contribution < 1.29 is 23.8 Å². The summed E-state index contributed by atoms with van der Waals surface area (Å²) in [5.41, 5.74) is 0. The van der Waals surface area contributed by atoms with Gasteiger partial charge >= 0.3 is 5.97 Å². The molecule has 5 heteroatoms. The molecule has 0 aromatic heterocycles. The molecule has 0 aliphatic carbocycles. The zero-order valence-electron chi connectivity index (χ0n) is 9.45. The molecule has 88 valence electrons. The number of ketones is 1. The van der Waals surface area contributed by atoms with Crippen LogP contribution in [-0.4, -0.2) is 44.3 Å². The molecule has 0 aromatic rings. The zero-order valence-corrected chi connectivity index (χ0v) is 9.45. The Labute approximate surface area is 89.7 Å². The molecule has 0 aliphatic rings. The Morgan fingerprint density at radius 2 is 1.73 bits per heavy atom. The molecular weight excluding hydrogens is 200 g/mol. The molecule has 0 saturated heterocycles. The lowest BCUT2D eigenvalue weighted by atomic mass is 10.2. The lowest BCUT2D eigenvalue weighted by Gasteiger charge is -2.13. The number of carbonyl (C=O) groups excluding carboxylic acids is 2. The van der Waals surface area contributed by atoms with Gasteiger partial charge in [0.1, 0.15) is 6.61 Å². The summed E-state index contributed by atoms with van der Waals surface area (Å²) in [4.78, 5) is 22.8. The number of carbonyl (C=O) groups is 2. The Balaban J connectivity index is 4.23. The Morgan fingerprint density at radius 3 is 2.20 bits per heavy atom. The molecule has 1 unspecified atom stereocenters. The summed E-state index contributed by atoms with van der Waals surface area (Å²) in [6.45, 7) is 5.96. The van der Waals surface area contributed by atoms with E-state index in [0.29, 0.717) is 6.61 Å². The van der Waals surface area contributed by atoms with Gasteiger partial charge in [-0.05, 0) is 20.8 Å². The van der Waals surface area contributed by atoms with Crippen LogP contribution < -0.4 is 0 Å². The SMILES string of the molecule is CCOCC(=O)C(OCC)C(=O)OCC. The van der Waals surface area contributed by atoms with Gasteiger partial charge in [-0.3, -0.25) is 4.79 Å². The van der Waals surface area contributed by atoms with Gasteiger partial charge in [0, 0.05) is 13.2 Å². The topological polar surface area (TPSA) is 61.8 Å². The van der Waals surface area contributed by atoms with E-state index >= 15 is 0 Å². The summed E-state index contributed by atoms with van der Waals surface area (Å²) < 4.78 is 14.6. The second-order valence-electron chi connectivity index (χ2n) is 2.69. The van der Waals surface area contributed by atoms with Gasteiger partial charge in [-0.1, -0.05) is 0 Å². The summed E-state index contributed by atoms with van der Waals surface area (Å²) >= 11 is 0. The van der Waals surface area contributed by atoms with Gasteiger partial charge in [0.05, 0.1) is 6.61 Å². The molecule has 15 heavy (non-hydrogen) atoms. The quantitative estimate of drug-likeness (QED) is 0.440. The predicted octanol–water partition coefficient (Wildman–Crippen LogP) is 0.560. The van der Waals surface area contributed by atoms with Crippen LogP contribution in [0.2, 0.25) is 0 Å². The van der Waals surface area contributed by atoms with Crippen molar-refractivity contribution in [2.45, 2.75) is 26.9 Å². The van der Waals surface area contributed by atoms with Crippen molar-refractivity contribution in [3.8, 4) is 0 Å². The summed E-state index contributed by atoms with van der Waals surface area (Å²) in [5.74, 6) is -1.05. The average molecular weight is 218 g/mol. The van der Waals surface area contributed by atoms with E-state index in [1.165, 1.54) is 0 Å². The van der Waals surface area contributed by atoms with E-state index in [1.807, 2.05) is 0 Å². The van der Waals surface area contributed by atoms with Crippen molar-refractivity contribution in [2.24, 2.45) is 0 Å². The minimum atomic E-state index is -1.15. The van der Waals surface area contributed by atoms with E-state index in [-0.39, 0.29) is 19.8 Å². The summed E-state index contributed by atoms with van der Waals surface area (Å²) in [6.07, 6.45) is -1.15. The Hall–Kier alpha value is -0.940. The zero-order chi connectivity index (χ0) is 11.7. The largest absolute Gasteiger partial charge is 0.464 e. The molecule has 5 nitrogen and oxygen atoms in total. The van der Waals surface area contributed by atoms with Crippen LogP contribution in [0.5, 0.6) is 0 Å². The molecule has 0 rings (SSSR count). The van der Waals surface area contributed by atoms with Crippen LogP contribution in [0.4, 0.5) is 0 Å².